The SMILES string of the molecule is Cc1cc(C)c2cc(CN(Cc3cccs3)Cc3nnnn3Cc3ccco3)c(=O)[nH]c2c1. The third-order valence-electron chi connectivity index (χ3n) is 5.60. The Labute approximate surface area is 194 Å². The van der Waals surface area contributed by atoms with Gasteiger partial charge in [-0.25, -0.2) is 4.68 Å². The van der Waals surface area contributed by atoms with Crippen molar-refractivity contribution in [2.75, 3.05) is 0 Å². The van der Waals surface area contributed by atoms with Crippen molar-refractivity contribution >= 4 is 22.2 Å². The van der Waals surface area contributed by atoms with Crippen LogP contribution in [-0.4, -0.2) is 30.1 Å². The highest BCUT2D eigenvalue weighted by Gasteiger charge is 2.17. The van der Waals surface area contributed by atoms with Gasteiger partial charge in [-0.05, 0) is 71.1 Å². The number of hydrogen-bond acceptors (Lipinski definition) is 7. The fourth-order valence-corrected chi connectivity index (χ4v) is 4.82. The first-order chi connectivity index (χ1) is 16.0. The van der Waals surface area contributed by atoms with Gasteiger partial charge in [0.25, 0.3) is 5.56 Å². The first-order valence-electron chi connectivity index (χ1n) is 10.7. The van der Waals surface area contributed by atoms with E-state index < -0.39 is 0 Å². The minimum atomic E-state index is -0.0705. The average molecular weight is 461 g/mol. The lowest BCUT2D eigenvalue weighted by Gasteiger charge is -2.21. The first-order valence-corrected chi connectivity index (χ1v) is 11.6. The molecule has 33 heavy (non-hydrogen) atoms. The van der Waals surface area contributed by atoms with E-state index in [1.54, 1.807) is 22.3 Å². The molecule has 0 saturated carbocycles. The van der Waals surface area contributed by atoms with Crippen molar-refractivity contribution in [2.45, 2.75) is 40.0 Å². The standard InChI is InChI=1S/C24H24N6O2S/c1-16-9-17(2)21-11-18(24(31)25-22(21)10-16)12-29(14-20-6-4-8-33-20)15-23-26-27-28-30(23)13-19-5-3-7-32-19/h3-11H,12-15H2,1-2H3,(H,25,31). The highest BCUT2D eigenvalue weighted by atomic mass is 32.1. The van der Waals surface area contributed by atoms with Crippen LogP contribution in [0, 0.1) is 13.8 Å². The van der Waals surface area contributed by atoms with Crippen LogP contribution in [0.3, 0.4) is 0 Å². The van der Waals surface area contributed by atoms with Gasteiger partial charge in [0.1, 0.15) is 12.3 Å². The number of nitrogens with one attached hydrogen (secondary N) is 1. The molecule has 0 aliphatic carbocycles. The Morgan fingerprint density at radius 1 is 1.12 bits per heavy atom. The summed E-state index contributed by atoms with van der Waals surface area (Å²) in [5, 5.41) is 15.4. The number of rotatable bonds is 8. The third kappa shape index (κ3) is 4.79. The molecular weight excluding hydrogens is 436 g/mol. The van der Waals surface area contributed by atoms with Crippen molar-refractivity contribution in [1.29, 1.82) is 0 Å². The van der Waals surface area contributed by atoms with Gasteiger partial charge in [0, 0.05) is 34.4 Å². The van der Waals surface area contributed by atoms with Crippen molar-refractivity contribution in [2.24, 2.45) is 0 Å². The van der Waals surface area contributed by atoms with Gasteiger partial charge in [-0.15, -0.1) is 16.4 Å². The van der Waals surface area contributed by atoms with Crippen LogP contribution in [0.15, 0.2) is 63.3 Å². The molecule has 0 amide bonds. The Kier molecular flexibility index (Phi) is 5.89. The first kappa shape index (κ1) is 21.3. The number of nitrogens with zero attached hydrogens (tertiary/aromatic N) is 5. The summed E-state index contributed by atoms with van der Waals surface area (Å²) in [6.07, 6.45) is 1.64. The van der Waals surface area contributed by atoms with E-state index in [4.69, 9.17) is 4.42 Å². The maximum Gasteiger partial charge on any atom is 0.252 e. The summed E-state index contributed by atoms with van der Waals surface area (Å²) in [6, 6.07) is 14.0. The molecule has 5 rings (SSSR count). The maximum absolute atomic E-state index is 12.9. The largest absolute Gasteiger partial charge is 0.467 e. The molecule has 0 radical (unpaired) electrons. The number of fused-ring (bicyclic) bond motifs is 1. The normalized spacial score (nSPS) is 11.6. The third-order valence-corrected chi connectivity index (χ3v) is 6.46. The van der Waals surface area contributed by atoms with Gasteiger partial charge < -0.3 is 9.40 Å². The Morgan fingerprint density at radius 3 is 2.82 bits per heavy atom. The summed E-state index contributed by atoms with van der Waals surface area (Å²) < 4.78 is 7.18. The number of hydrogen-bond donors (Lipinski definition) is 1. The van der Waals surface area contributed by atoms with E-state index in [0.717, 1.165) is 33.4 Å². The monoisotopic (exact) mass is 460 g/mol. The lowest BCUT2D eigenvalue weighted by molar-refractivity contribution is 0.237. The summed E-state index contributed by atoms with van der Waals surface area (Å²) in [5.41, 5.74) is 3.80. The molecule has 0 aliphatic rings. The smallest absolute Gasteiger partial charge is 0.252 e. The molecule has 0 spiro atoms. The van der Waals surface area contributed by atoms with Gasteiger partial charge in [-0.2, -0.15) is 0 Å². The van der Waals surface area contributed by atoms with E-state index >= 15 is 0 Å². The molecular formula is C24H24N6O2S. The molecule has 1 N–H and O–H groups in total. The van der Waals surface area contributed by atoms with Gasteiger partial charge in [0.15, 0.2) is 5.82 Å². The van der Waals surface area contributed by atoms with Crippen molar-refractivity contribution in [1.82, 2.24) is 30.1 Å². The molecule has 5 aromatic rings. The van der Waals surface area contributed by atoms with Crippen LogP contribution < -0.4 is 5.56 Å². The molecule has 0 aliphatic heterocycles. The number of tetrazole rings is 1. The van der Waals surface area contributed by atoms with Gasteiger partial charge in [-0.3, -0.25) is 9.69 Å². The quantitative estimate of drug-likeness (QED) is 0.376. The van der Waals surface area contributed by atoms with Crippen LogP contribution in [0.1, 0.15) is 33.2 Å². The van der Waals surface area contributed by atoms with Gasteiger partial charge in [0.05, 0.1) is 12.8 Å². The molecule has 9 heteroatoms. The lowest BCUT2D eigenvalue weighted by atomic mass is 10.0. The Bertz CT molecular complexity index is 1420. The summed E-state index contributed by atoms with van der Waals surface area (Å²) in [5.74, 6) is 1.50. The summed E-state index contributed by atoms with van der Waals surface area (Å²) in [6.45, 7) is 6.23. The Balaban J connectivity index is 1.45. The fourth-order valence-electron chi connectivity index (χ4n) is 4.07. The highest BCUT2D eigenvalue weighted by molar-refractivity contribution is 7.09. The minimum absolute atomic E-state index is 0.0705. The van der Waals surface area contributed by atoms with Crippen LogP contribution in [0.25, 0.3) is 10.9 Å². The van der Waals surface area contributed by atoms with Crippen LogP contribution in [-0.2, 0) is 26.2 Å². The van der Waals surface area contributed by atoms with Gasteiger partial charge in [-0.1, -0.05) is 12.1 Å². The number of H-pyrrole nitrogens is 1. The number of benzene rings is 1. The number of pyridine rings is 1. The molecule has 4 heterocycles. The van der Waals surface area contributed by atoms with E-state index in [1.165, 1.54) is 4.88 Å². The molecule has 0 fully saturated rings. The van der Waals surface area contributed by atoms with Crippen LogP contribution in [0.5, 0.6) is 0 Å². The lowest BCUT2D eigenvalue weighted by Crippen LogP contribution is -2.28. The molecule has 1 aromatic carbocycles. The second-order valence-corrected chi connectivity index (χ2v) is 9.26. The molecule has 8 nitrogen and oxygen atoms in total. The van der Waals surface area contributed by atoms with Gasteiger partial charge >= 0.3 is 0 Å². The summed E-state index contributed by atoms with van der Waals surface area (Å²) in [7, 11) is 0. The van der Waals surface area contributed by atoms with E-state index in [0.29, 0.717) is 32.0 Å². The number of aromatic nitrogens is 5. The molecule has 0 atom stereocenters. The van der Waals surface area contributed by atoms with Crippen LogP contribution >= 0.6 is 11.3 Å². The second kappa shape index (κ2) is 9.13. The maximum atomic E-state index is 12.9. The zero-order chi connectivity index (χ0) is 22.8. The number of aryl methyl sites for hydroxylation is 2. The minimum Gasteiger partial charge on any atom is -0.467 e. The zero-order valence-electron chi connectivity index (χ0n) is 18.5. The van der Waals surface area contributed by atoms with Gasteiger partial charge in [0.2, 0.25) is 0 Å². The highest BCUT2D eigenvalue weighted by Crippen LogP contribution is 2.21. The van der Waals surface area contributed by atoms with E-state index in [9.17, 15) is 4.79 Å². The van der Waals surface area contributed by atoms with E-state index in [-0.39, 0.29) is 5.56 Å². The van der Waals surface area contributed by atoms with E-state index in [2.05, 4.69) is 49.8 Å². The molecule has 0 unspecified atom stereocenters. The Morgan fingerprint density at radius 2 is 2.03 bits per heavy atom. The van der Waals surface area contributed by atoms with E-state index in [1.807, 2.05) is 37.3 Å². The summed E-state index contributed by atoms with van der Waals surface area (Å²) in [4.78, 5) is 19.4. The number of thiophene rings is 1. The van der Waals surface area contributed by atoms with Crippen LogP contribution in [0.4, 0.5) is 0 Å². The van der Waals surface area contributed by atoms with Crippen molar-refractivity contribution in [3.63, 3.8) is 0 Å². The average Bonchev–Trinajstić information content (AvgIpc) is 3.54. The van der Waals surface area contributed by atoms with Crippen molar-refractivity contribution < 1.29 is 4.42 Å². The predicted octanol–water partition coefficient (Wildman–Crippen LogP) is 4.04. The number of aromatic amines is 1. The fraction of sp³-hybridized carbons (Fsp3) is 0.250. The molecule has 168 valence electrons. The zero-order valence-corrected chi connectivity index (χ0v) is 19.3. The molecule has 0 saturated heterocycles. The molecule has 0 bridgehead atoms. The summed E-state index contributed by atoms with van der Waals surface area (Å²) >= 11 is 1.69. The predicted molar refractivity (Wildman–Crippen MR) is 127 cm³/mol. The number of furan rings is 1. The van der Waals surface area contributed by atoms with Crippen molar-refractivity contribution in [3.05, 3.63) is 97.6 Å². The Hall–Kier alpha value is -3.56. The topological polar surface area (TPSA) is 92.8 Å². The second-order valence-electron chi connectivity index (χ2n) is 8.22. The van der Waals surface area contributed by atoms with Crippen LogP contribution in [0.2, 0.25) is 0 Å². The van der Waals surface area contributed by atoms with Crippen molar-refractivity contribution in [3.8, 4) is 0 Å². The molecule has 4 aromatic heterocycles.